The minimum Gasteiger partial charge on any atom is -0.387 e. The van der Waals surface area contributed by atoms with Crippen LogP contribution in [0.4, 0.5) is 0 Å². The first kappa shape index (κ1) is 16.4. The highest BCUT2D eigenvalue weighted by atomic mass is 16.5. The van der Waals surface area contributed by atoms with Gasteiger partial charge in [-0.1, -0.05) is 6.92 Å². The molecule has 7 heteroatoms. The van der Waals surface area contributed by atoms with Crippen LogP contribution < -0.4 is 0 Å². The molecule has 3 heterocycles. The van der Waals surface area contributed by atoms with Crippen LogP contribution in [0.3, 0.4) is 0 Å². The van der Waals surface area contributed by atoms with Crippen LogP contribution in [0.1, 0.15) is 37.3 Å². The Balaban J connectivity index is 1.65. The molecule has 23 heavy (non-hydrogen) atoms. The quantitative estimate of drug-likeness (QED) is 0.868. The summed E-state index contributed by atoms with van der Waals surface area (Å²) in [6, 6.07) is 1.94. The van der Waals surface area contributed by atoms with Gasteiger partial charge in [-0.3, -0.25) is 14.4 Å². The van der Waals surface area contributed by atoms with Crippen molar-refractivity contribution >= 4 is 5.91 Å². The van der Waals surface area contributed by atoms with Crippen LogP contribution in [-0.2, 0) is 22.6 Å². The van der Waals surface area contributed by atoms with Crippen molar-refractivity contribution in [1.29, 1.82) is 0 Å². The molecule has 0 spiro atoms. The molecule has 2 aliphatic rings. The highest BCUT2D eigenvalue weighted by molar-refractivity contribution is 5.78. The smallest absolute Gasteiger partial charge is 0.237 e. The normalized spacial score (nSPS) is 20.9. The topological polar surface area (TPSA) is 70.8 Å². The Morgan fingerprint density at radius 3 is 2.87 bits per heavy atom. The van der Waals surface area contributed by atoms with Crippen molar-refractivity contribution in [2.75, 3.05) is 39.4 Å². The molecule has 0 bridgehead atoms. The van der Waals surface area contributed by atoms with Gasteiger partial charge in [-0.05, 0) is 18.9 Å². The van der Waals surface area contributed by atoms with E-state index >= 15 is 0 Å². The molecule has 1 N–H and O–H groups in total. The monoisotopic (exact) mass is 322 g/mol. The van der Waals surface area contributed by atoms with Crippen molar-refractivity contribution in [2.45, 2.75) is 39.0 Å². The number of aromatic nitrogens is 2. The lowest BCUT2D eigenvalue weighted by molar-refractivity contribution is -0.134. The Kier molecular flexibility index (Phi) is 5.30. The number of nitrogens with zero attached hydrogens (tertiary/aromatic N) is 4. The van der Waals surface area contributed by atoms with Gasteiger partial charge in [0.2, 0.25) is 5.91 Å². The van der Waals surface area contributed by atoms with Crippen LogP contribution in [-0.4, -0.2) is 70.0 Å². The average Bonchev–Trinajstić information content (AvgIpc) is 2.86. The Labute approximate surface area is 136 Å². The molecular weight excluding hydrogens is 296 g/mol. The highest BCUT2D eigenvalue weighted by Crippen LogP contribution is 2.20. The van der Waals surface area contributed by atoms with Gasteiger partial charge in [-0.2, -0.15) is 5.10 Å². The number of aliphatic hydroxyl groups is 1. The summed E-state index contributed by atoms with van der Waals surface area (Å²) >= 11 is 0. The van der Waals surface area contributed by atoms with Crippen molar-refractivity contribution in [2.24, 2.45) is 0 Å². The number of aryl methyl sites for hydroxylation is 1. The van der Waals surface area contributed by atoms with Gasteiger partial charge in [0.15, 0.2) is 0 Å². The standard InChI is InChI=1S/C16H26N4O3/c1-2-15(21)14-10-13-11-19(4-3-5-20(13)17-14)16(22)12-18-6-8-23-9-7-18/h10,15,21H,2-9,11-12H2,1H3/t15-/m0/s1. The summed E-state index contributed by atoms with van der Waals surface area (Å²) in [7, 11) is 0. The zero-order chi connectivity index (χ0) is 16.2. The lowest BCUT2D eigenvalue weighted by atomic mass is 10.2. The number of rotatable bonds is 4. The van der Waals surface area contributed by atoms with Gasteiger partial charge in [-0.15, -0.1) is 0 Å². The minimum absolute atomic E-state index is 0.166. The number of amides is 1. The van der Waals surface area contributed by atoms with E-state index in [4.69, 9.17) is 4.74 Å². The Hall–Kier alpha value is -1.44. The second-order valence-electron chi connectivity index (χ2n) is 6.27. The van der Waals surface area contributed by atoms with Gasteiger partial charge in [-0.25, -0.2) is 0 Å². The van der Waals surface area contributed by atoms with Crippen LogP contribution in [0.2, 0.25) is 0 Å². The maximum absolute atomic E-state index is 12.6. The second kappa shape index (κ2) is 7.42. The molecule has 0 aromatic carbocycles. The predicted octanol–water partition coefficient (Wildman–Crippen LogP) is 0.391. The van der Waals surface area contributed by atoms with Crippen LogP contribution in [0.25, 0.3) is 0 Å². The molecule has 0 unspecified atom stereocenters. The summed E-state index contributed by atoms with van der Waals surface area (Å²) in [5.74, 6) is 0.166. The molecule has 128 valence electrons. The third kappa shape index (κ3) is 3.91. The van der Waals surface area contributed by atoms with Gasteiger partial charge < -0.3 is 14.7 Å². The fourth-order valence-corrected chi connectivity index (χ4v) is 3.12. The Morgan fingerprint density at radius 2 is 2.13 bits per heavy atom. The summed E-state index contributed by atoms with van der Waals surface area (Å²) in [5, 5.41) is 14.5. The van der Waals surface area contributed by atoms with E-state index in [0.717, 1.165) is 38.3 Å². The van der Waals surface area contributed by atoms with E-state index in [-0.39, 0.29) is 5.91 Å². The highest BCUT2D eigenvalue weighted by Gasteiger charge is 2.24. The van der Waals surface area contributed by atoms with Gasteiger partial charge >= 0.3 is 0 Å². The van der Waals surface area contributed by atoms with Crippen molar-refractivity contribution in [3.63, 3.8) is 0 Å². The largest absolute Gasteiger partial charge is 0.387 e. The van der Waals surface area contributed by atoms with Crippen molar-refractivity contribution in [1.82, 2.24) is 19.6 Å². The number of carbonyl (C=O) groups excluding carboxylic acids is 1. The van der Waals surface area contributed by atoms with Crippen LogP contribution in [0, 0.1) is 0 Å². The van der Waals surface area contributed by atoms with E-state index in [9.17, 15) is 9.90 Å². The zero-order valence-corrected chi connectivity index (χ0v) is 13.8. The lowest BCUT2D eigenvalue weighted by Gasteiger charge is -2.29. The summed E-state index contributed by atoms with van der Waals surface area (Å²) in [5.41, 5.74) is 1.73. The van der Waals surface area contributed by atoms with Crippen molar-refractivity contribution < 1.29 is 14.6 Å². The van der Waals surface area contributed by atoms with Crippen LogP contribution in [0.15, 0.2) is 6.07 Å². The number of morpholine rings is 1. The minimum atomic E-state index is -0.521. The van der Waals surface area contributed by atoms with Gasteiger partial charge in [0, 0.05) is 26.2 Å². The zero-order valence-electron chi connectivity index (χ0n) is 13.8. The molecule has 1 aromatic heterocycles. The molecule has 1 saturated heterocycles. The fraction of sp³-hybridized carbons (Fsp3) is 0.750. The molecule has 0 radical (unpaired) electrons. The average molecular weight is 322 g/mol. The number of hydrogen-bond donors (Lipinski definition) is 1. The van der Waals surface area contributed by atoms with Gasteiger partial charge in [0.25, 0.3) is 0 Å². The molecule has 0 aliphatic carbocycles. The maximum Gasteiger partial charge on any atom is 0.237 e. The first-order chi connectivity index (χ1) is 11.2. The number of ether oxygens (including phenoxy) is 1. The Morgan fingerprint density at radius 1 is 1.35 bits per heavy atom. The molecular formula is C16H26N4O3. The van der Waals surface area contributed by atoms with E-state index in [1.165, 1.54) is 0 Å². The summed E-state index contributed by atoms with van der Waals surface area (Å²) < 4.78 is 7.27. The molecule has 3 rings (SSSR count). The molecule has 2 aliphatic heterocycles. The SMILES string of the molecule is CC[C@H](O)c1cc2n(n1)CCCN(C(=O)CN1CCOCC1)C2. The van der Waals surface area contributed by atoms with Crippen LogP contribution in [0.5, 0.6) is 0 Å². The number of fused-ring (bicyclic) bond motifs is 1. The van der Waals surface area contributed by atoms with Crippen molar-refractivity contribution in [3.8, 4) is 0 Å². The third-order valence-electron chi connectivity index (χ3n) is 4.58. The Bertz CT molecular complexity index is 539. The van der Waals surface area contributed by atoms with E-state index in [1.54, 1.807) is 0 Å². The first-order valence-electron chi connectivity index (χ1n) is 8.50. The van der Waals surface area contributed by atoms with Crippen molar-refractivity contribution in [3.05, 3.63) is 17.5 Å². The van der Waals surface area contributed by atoms with Gasteiger partial charge in [0.05, 0.1) is 43.8 Å². The summed E-state index contributed by atoms with van der Waals surface area (Å²) in [6.45, 7) is 7.60. The van der Waals surface area contributed by atoms with E-state index in [1.807, 2.05) is 22.6 Å². The third-order valence-corrected chi connectivity index (χ3v) is 4.58. The number of aliphatic hydroxyl groups excluding tert-OH is 1. The van der Waals surface area contributed by atoms with Gasteiger partial charge in [0.1, 0.15) is 0 Å². The molecule has 1 fully saturated rings. The van der Waals surface area contributed by atoms with E-state index < -0.39 is 6.10 Å². The summed E-state index contributed by atoms with van der Waals surface area (Å²) in [4.78, 5) is 16.7. The number of hydrogen-bond acceptors (Lipinski definition) is 5. The first-order valence-corrected chi connectivity index (χ1v) is 8.50. The molecule has 1 atom stereocenters. The van der Waals surface area contributed by atoms with Crippen LogP contribution >= 0.6 is 0 Å². The number of carbonyl (C=O) groups is 1. The second-order valence-corrected chi connectivity index (χ2v) is 6.27. The van der Waals surface area contributed by atoms with E-state index in [0.29, 0.717) is 38.4 Å². The summed E-state index contributed by atoms with van der Waals surface area (Å²) in [6.07, 6.45) is 1.02. The van der Waals surface area contributed by atoms with E-state index in [2.05, 4.69) is 10.00 Å². The molecule has 1 amide bonds. The predicted molar refractivity (Wildman–Crippen MR) is 84.8 cm³/mol. The lowest BCUT2D eigenvalue weighted by Crippen LogP contribution is -2.44. The molecule has 1 aromatic rings. The molecule has 7 nitrogen and oxygen atoms in total. The maximum atomic E-state index is 12.6. The fourth-order valence-electron chi connectivity index (χ4n) is 3.12. The molecule has 0 saturated carbocycles.